The molecule has 0 aromatic carbocycles. The van der Waals surface area contributed by atoms with Gasteiger partial charge in [0.25, 0.3) is 0 Å². The lowest BCUT2D eigenvalue weighted by atomic mass is 10.0. The smallest absolute Gasteiger partial charge is 0.138 e. The van der Waals surface area contributed by atoms with Crippen LogP contribution in [0, 0.1) is 0 Å². The SMILES string of the molecule is CCCCCCCC(Cc1ncnn1C(C)C)NCCC. The lowest BCUT2D eigenvalue weighted by molar-refractivity contribution is 0.423. The molecule has 1 unspecified atom stereocenters. The predicted molar refractivity (Wildman–Crippen MR) is 89.6 cm³/mol. The van der Waals surface area contributed by atoms with E-state index in [-0.39, 0.29) is 0 Å². The zero-order valence-electron chi connectivity index (χ0n) is 14.4. The fourth-order valence-corrected chi connectivity index (χ4v) is 2.69. The Bertz CT molecular complexity index is 359. The molecule has 0 radical (unpaired) electrons. The molecule has 4 heteroatoms. The van der Waals surface area contributed by atoms with Crippen molar-refractivity contribution in [3.63, 3.8) is 0 Å². The van der Waals surface area contributed by atoms with Crippen molar-refractivity contribution in [1.82, 2.24) is 20.1 Å². The zero-order valence-corrected chi connectivity index (χ0v) is 14.4. The van der Waals surface area contributed by atoms with Crippen LogP contribution in [0.25, 0.3) is 0 Å². The minimum Gasteiger partial charge on any atom is -0.314 e. The van der Waals surface area contributed by atoms with E-state index in [1.807, 2.05) is 0 Å². The summed E-state index contributed by atoms with van der Waals surface area (Å²) in [6, 6.07) is 0.923. The summed E-state index contributed by atoms with van der Waals surface area (Å²) in [4.78, 5) is 4.45. The number of aromatic nitrogens is 3. The Morgan fingerprint density at radius 1 is 1.10 bits per heavy atom. The molecule has 0 saturated heterocycles. The van der Waals surface area contributed by atoms with E-state index in [2.05, 4.69) is 47.8 Å². The molecule has 21 heavy (non-hydrogen) atoms. The third kappa shape index (κ3) is 7.07. The van der Waals surface area contributed by atoms with Crippen molar-refractivity contribution in [2.75, 3.05) is 6.54 Å². The summed E-state index contributed by atoms with van der Waals surface area (Å²) in [6.07, 6.45) is 11.8. The first-order valence-corrected chi connectivity index (χ1v) is 8.80. The van der Waals surface area contributed by atoms with Gasteiger partial charge >= 0.3 is 0 Å². The van der Waals surface area contributed by atoms with Gasteiger partial charge in [-0.05, 0) is 33.2 Å². The second kappa shape index (κ2) is 10.8. The van der Waals surface area contributed by atoms with Gasteiger partial charge in [-0.15, -0.1) is 0 Å². The van der Waals surface area contributed by atoms with Crippen molar-refractivity contribution in [3.8, 4) is 0 Å². The van der Waals surface area contributed by atoms with Crippen LogP contribution < -0.4 is 5.32 Å². The lowest BCUT2D eigenvalue weighted by Crippen LogP contribution is -2.33. The van der Waals surface area contributed by atoms with E-state index in [4.69, 9.17) is 0 Å². The summed E-state index contributed by atoms with van der Waals surface area (Å²) in [5, 5.41) is 8.03. The van der Waals surface area contributed by atoms with E-state index in [1.54, 1.807) is 6.33 Å². The van der Waals surface area contributed by atoms with Crippen molar-refractivity contribution < 1.29 is 0 Å². The van der Waals surface area contributed by atoms with Gasteiger partial charge in [0.2, 0.25) is 0 Å². The summed E-state index contributed by atoms with van der Waals surface area (Å²) in [6.45, 7) is 9.91. The molecule has 0 bridgehead atoms. The minimum absolute atomic E-state index is 0.388. The quantitative estimate of drug-likeness (QED) is 0.589. The maximum atomic E-state index is 4.45. The molecular formula is C17H34N4. The fourth-order valence-electron chi connectivity index (χ4n) is 2.69. The van der Waals surface area contributed by atoms with E-state index >= 15 is 0 Å². The molecular weight excluding hydrogens is 260 g/mol. The van der Waals surface area contributed by atoms with Gasteiger partial charge in [-0.2, -0.15) is 5.10 Å². The number of rotatable bonds is 12. The summed E-state index contributed by atoms with van der Waals surface area (Å²) in [7, 11) is 0. The van der Waals surface area contributed by atoms with Crippen LogP contribution in [-0.4, -0.2) is 27.4 Å². The third-order valence-corrected chi connectivity index (χ3v) is 3.90. The molecule has 0 amide bonds. The summed E-state index contributed by atoms with van der Waals surface area (Å²) in [5.41, 5.74) is 0. The lowest BCUT2D eigenvalue weighted by Gasteiger charge is -2.19. The average molecular weight is 294 g/mol. The first-order chi connectivity index (χ1) is 10.2. The number of nitrogens with one attached hydrogen (secondary N) is 1. The number of hydrogen-bond donors (Lipinski definition) is 1. The van der Waals surface area contributed by atoms with Crippen LogP contribution >= 0.6 is 0 Å². The highest BCUT2D eigenvalue weighted by molar-refractivity contribution is 4.91. The summed E-state index contributed by atoms with van der Waals surface area (Å²) in [5.74, 6) is 1.12. The molecule has 1 atom stereocenters. The molecule has 0 fully saturated rings. The topological polar surface area (TPSA) is 42.7 Å². The molecule has 1 heterocycles. The van der Waals surface area contributed by atoms with Gasteiger partial charge in [0.1, 0.15) is 12.2 Å². The van der Waals surface area contributed by atoms with Gasteiger partial charge < -0.3 is 5.32 Å². The maximum absolute atomic E-state index is 4.45. The first-order valence-electron chi connectivity index (χ1n) is 8.80. The van der Waals surface area contributed by atoms with Gasteiger partial charge in [0.15, 0.2) is 0 Å². The van der Waals surface area contributed by atoms with E-state index < -0.39 is 0 Å². The minimum atomic E-state index is 0.388. The standard InChI is InChI=1S/C17H34N4/c1-5-7-8-9-10-11-16(18-12-6-2)13-17-19-14-20-21(17)15(3)4/h14-16,18H,5-13H2,1-4H3. The van der Waals surface area contributed by atoms with Crippen molar-refractivity contribution in [3.05, 3.63) is 12.2 Å². The summed E-state index contributed by atoms with van der Waals surface area (Å²) < 4.78 is 2.05. The van der Waals surface area contributed by atoms with Gasteiger partial charge in [-0.3, -0.25) is 0 Å². The Morgan fingerprint density at radius 3 is 2.52 bits per heavy atom. The van der Waals surface area contributed by atoms with Crippen LogP contribution in [-0.2, 0) is 6.42 Å². The number of nitrogens with zero attached hydrogens (tertiary/aromatic N) is 3. The van der Waals surface area contributed by atoms with Crippen LogP contribution in [0.15, 0.2) is 6.33 Å². The molecule has 122 valence electrons. The van der Waals surface area contributed by atoms with Crippen molar-refractivity contribution >= 4 is 0 Å². The molecule has 1 rings (SSSR count). The monoisotopic (exact) mass is 294 g/mol. The van der Waals surface area contributed by atoms with Crippen LogP contribution in [0.2, 0.25) is 0 Å². The first kappa shape index (κ1) is 18.1. The zero-order chi connectivity index (χ0) is 15.5. The van der Waals surface area contributed by atoms with Gasteiger partial charge in [0, 0.05) is 18.5 Å². The van der Waals surface area contributed by atoms with Crippen LogP contribution in [0.1, 0.15) is 84.5 Å². The highest BCUT2D eigenvalue weighted by atomic mass is 15.3. The van der Waals surface area contributed by atoms with Crippen LogP contribution in [0.3, 0.4) is 0 Å². The largest absolute Gasteiger partial charge is 0.314 e. The van der Waals surface area contributed by atoms with Crippen molar-refractivity contribution in [2.45, 2.75) is 91.1 Å². The van der Waals surface area contributed by atoms with E-state index in [1.165, 1.54) is 44.9 Å². The molecule has 0 aliphatic heterocycles. The van der Waals surface area contributed by atoms with E-state index in [9.17, 15) is 0 Å². The molecule has 0 aliphatic rings. The Morgan fingerprint density at radius 2 is 1.86 bits per heavy atom. The van der Waals surface area contributed by atoms with Crippen LogP contribution in [0.4, 0.5) is 0 Å². The Labute approximate surface area is 130 Å². The Kier molecular flexibility index (Phi) is 9.31. The molecule has 0 saturated carbocycles. The molecule has 4 nitrogen and oxygen atoms in total. The molecule has 1 aromatic heterocycles. The highest BCUT2D eigenvalue weighted by Gasteiger charge is 2.14. The highest BCUT2D eigenvalue weighted by Crippen LogP contribution is 2.12. The molecule has 0 aliphatic carbocycles. The van der Waals surface area contributed by atoms with Gasteiger partial charge in [-0.1, -0.05) is 46.0 Å². The number of hydrogen-bond acceptors (Lipinski definition) is 3. The molecule has 1 aromatic rings. The molecule has 0 spiro atoms. The van der Waals surface area contributed by atoms with Gasteiger partial charge in [-0.25, -0.2) is 9.67 Å². The maximum Gasteiger partial charge on any atom is 0.138 e. The normalized spacial score (nSPS) is 13.0. The Hall–Kier alpha value is -0.900. The van der Waals surface area contributed by atoms with Gasteiger partial charge in [0.05, 0.1) is 0 Å². The van der Waals surface area contributed by atoms with Crippen molar-refractivity contribution in [1.29, 1.82) is 0 Å². The Balaban J connectivity index is 2.46. The third-order valence-electron chi connectivity index (χ3n) is 3.90. The van der Waals surface area contributed by atoms with E-state index in [0.29, 0.717) is 12.1 Å². The molecule has 1 N–H and O–H groups in total. The second-order valence-electron chi connectivity index (χ2n) is 6.27. The van der Waals surface area contributed by atoms with E-state index in [0.717, 1.165) is 18.8 Å². The average Bonchev–Trinajstić information content (AvgIpc) is 2.92. The van der Waals surface area contributed by atoms with Crippen molar-refractivity contribution in [2.24, 2.45) is 0 Å². The number of unbranched alkanes of at least 4 members (excludes halogenated alkanes) is 4. The fraction of sp³-hybridized carbons (Fsp3) is 0.882. The predicted octanol–water partition coefficient (Wildman–Crippen LogP) is 4.13. The second-order valence-corrected chi connectivity index (χ2v) is 6.27. The van der Waals surface area contributed by atoms with Crippen LogP contribution in [0.5, 0.6) is 0 Å². The summed E-state index contributed by atoms with van der Waals surface area (Å²) >= 11 is 0.